The Balaban J connectivity index is 2.49. The van der Waals surface area contributed by atoms with Crippen LogP contribution in [-0.2, 0) is 4.79 Å². The zero-order chi connectivity index (χ0) is 12.0. The van der Waals surface area contributed by atoms with Crippen LogP contribution in [0.2, 0.25) is 0 Å². The van der Waals surface area contributed by atoms with Crippen LogP contribution in [0.3, 0.4) is 0 Å². The van der Waals surface area contributed by atoms with Gasteiger partial charge in [0.1, 0.15) is 6.54 Å². The van der Waals surface area contributed by atoms with E-state index in [4.69, 9.17) is 11.0 Å². The zero-order valence-electron chi connectivity index (χ0n) is 8.99. The number of nitrogens with two attached hydrogens (primary N) is 1. The molecule has 84 valence electrons. The summed E-state index contributed by atoms with van der Waals surface area (Å²) in [6.45, 7) is 2.01. The number of aryl methyl sites for hydroxylation is 1. The van der Waals surface area contributed by atoms with Crippen LogP contribution in [0.5, 0.6) is 0 Å². The molecular weight excluding hydrogens is 222 g/mol. The topological polar surface area (TPSA) is 78.9 Å². The van der Waals surface area contributed by atoms with Crippen LogP contribution >= 0.6 is 11.8 Å². The van der Waals surface area contributed by atoms with Gasteiger partial charge in [-0.15, -0.1) is 11.8 Å². The van der Waals surface area contributed by atoms with Crippen molar-refractivity contribution < 1.29 is 4.79 Å². The molecule has 0 bridgehead atoms. The van der Waals surface area contributed by atoms with Crippen LogP contribution in [0.4, 0.5) is 5.69 Å². The first kappa shape index (κ1) is 12.4. The van der Waals surface area contributed by atoms with Gasteiger partial charge < -0.3 is 11.1 Å². The highest BCUT2D eigenvalue weighted by molar-refractivity contribution is 8.00. The molecule has 0 radical (unpaired) electrons. The second-order valence-electron chi connectivity index (χ2n) is 3.25. The standard InChI is InChI=1S/C11H13N3OS/c1-8-6-9(13)2-3-10(8)16-7-11(15)14-5-4-12/h2-3,6H,5,7,13H2,1H3,(H,14,15). The largest absolute Gasteiger partial charge is 0.399 e. The summed E-state index contributed by atoms with van der Waals surface area (Å²) in [7, 11) is 0. The molecule has 0 atom stereocenters. The summed E-state index contributed by atoms with van der Waals surface area (Å²) in [5, 5.41) is 10.8. The molecule has 5 heteroatoms. The van der Waals surface area contributed by atoms with Crippen molar-refractivity contribution in [2.75, 3.05) is 18.0 Å². The molecule has 0 fully saturated rings. The van der Waals surface area contributed by atoms with E-state index < -0.39 is 0 Å². The lowest BCUT2D eigenvalue weighted by molar-refractivity contribution is -0.118. The number of anilines is 1. The molecule has 0 aromatic heterocycles. The first-order valence-corrected chi connectivity index (χ1v) is 5.74. The third-order valence-corrected chi connectivity index (χ3v) is 3.10. The average molecular weight is 235 g/mol. The van der Waals surface area contributed by atoms with Crippen LogP contribution in [0.25, 0.3) is 0 Å². The maximum atomic E-state index is 11.2. The second-order valence-corrected chi connectivity index (χ2v) is 4.27. The number of hydrogen-bond acceptors (Lipinski definition) is 4. The SMILES string of the molecule is Cc1cc(N)ccc1SCC(=O)NCC#N. The van der Waals surface area contributed by atoms with Crippen LogP contribution < -0.4 is 11.1 Å². The van der Waals surface area contributed by atoms with Gasteiger partial charge in [-0.1, -0.05) is 0 Å². The molecule has 0 heterocycles. The summed E-state index contributed by atoms with van der Waals surface area (Å²) in [6, 6.07) is 7.43. The first-order valence-electron chi connectivity index (χ1n) is 4.76. The zero-order valence-corrected chi connectivity index (χ0v) is 9.80. The number of thioether (sulfide) groups is 1. The number of benzene rings is 1. The minimum atomic E-state index is -0.136. The molecule has 1 aromatic rings. The number of nitrogens with zero attached hydrogens (tertiary/aromatic N) is 1. The molecule has 1 rings (SSSR count). The molecule has 0 aliphatic heterocycles. The Labute approximate surface area is 98.8 Å². The van der Waals surface area contributed by atoms with Crippen molar-refractivity contribution in [3.8, 4) is 6.07 Å². The van der Waals surface area contributed by atoms with E-state index in [-0.39, 0.29) is 12.5 Å². The van der Waals surface area contributed by atoms with Crippen LogP contribution in [-0.4, -0.2) is 18.2 Å². The highest BCUT2D eigenvalue weighted by atomic mass is 32.2. The Bertz CT molecular complexity index is 426. The summed E-state index contributed by atoms with van der Waals surface area (Å²) in [5.74, 6) is 0.176. The third kappa shape index (κ3) is 3.83. The van der Waals surface area contributed by atoms with Gasteiger partial charge in [0.2, 0.25) is 5.91 Å². The third-order valence-electron chi connectivity index (χ3n) is 1.92. The van der Waals surface area contributed by atoms with E-state index in [1.54, 1.807) is 0 Å². The van der Waals surface area contributed by atoms with Gasteiger partial charge in [0.15, 0.2) is 0 Å². The molecule has 0 unspecified atom stereocenters. The molecule has 0 aliphatic rings. The Hall–Kier alpha value is -1.67. The van der Waals surface area contributed by atoms with E-state index in [1.165, 1.54) is 11.8 Å². The molecule has 0 aliphatic carbocycles. The van der Waals surface area contributed by atoms with Crippen molar-refractivity contribution in [1.29, 1.82) is 5.26 Å². The molecule has 4 nitrogen and oxygen atoms in total. The number of amides is 1. The summed E-state index contributed by atoms with van der Waals surface area (Å²) in [6.07, 6.45) is 0. The summed E-state index contributed by atoms with van der Waals surface area (Å²) in [5.41, 5.74) is 7.40. The second kappa shape index (κ2) is 6.03. The molecule has 3 N–H and O–H groups in total. The lowest BCUT2D eigenvalue weighted by Crippen LogP contribution is -2.25. The normalized spacial score (nSPS) is 9.50. The maximum Gasteiger partial charge on any atom is 0.231 e. The van der Waals surface area contributed by atoms with E-state index in [2.05, 4.69) is 5.32 Å². The molecule has 0 saturated carbocycles. The number of carbonyl (C=O) groups is 1. The van der Waals surface area contributed by atoms with Crippen molar-refractivity contribution in [2.45, 2.75) is 11.8 Å². The number of rotatable bonds is 4. The number of carbonyl (C=O) groups excluding carboxylic acids is 1. The monoisotopic (exact) mass is 235 g/mol. The van der Waals surface area contributed by atoms with Gasteiger partial charge in [-0.2, -0.15) is 5.26 Å². The molecule has 16 heavy (non-hydrogen) atoms. The van der Waals surface area contributed by atoms with E-state index in [0.717, 1.165) is 16.1 Å². The number of nitriles is 1. The Kier molecular flexibility index (Phi) is 4.67. The minimum Gasteiger partial charge on any atom is -0.399 e. The fraction of sp³-hybridized carbons (Fsp3) is 0.273. The molecular formula is C11H13N3OS. The Morgan fingerprint density at radius 3 is 3.00 bits per heavy atom. The summed E-state index contributed by atoms with van der Waals surface area (Å²) < 4.78 is 0. The maximum absolute atomic E-state index is 11.2. The predicted molar refractivity (Wildman–Crippen MR) is 64.9 cm³/mol. The Morgan fingerprint density at radius 2 is 2.38 bits per heavy atom. The van der Waals surface area contributed by atoms with Gasteiger partial charge in [0.25, 0.3) is 0 Å². The number of nitrogens with one attached hydrogen (secondary N) is 1. The first-order chi connectivity index (χ1) is 7.63. The average Bonchev–Trinajstić information content (AvgIpc) is 2.25. The highest BCUT2D eigenvalue weighted by Crippen LogP contribution is 2.23. The van der Waals surface area contributed by atoms with Crippen molar-refractivity contribution in [2.24, 2.45) is 0 Å². The van der Waals surface area contributed by atoms with Gasteiger partial charge in [-0.25, -0.2) is 0 Å². The van der Waals surface area contributed by atoms with Crippen molar-refractivity contribution in [3.05, 3.63) is 23.8 Å². The van der Waals surface area contributed by atoms with Gasteiger partial charge in [0, 0.05) is 10.6 Å². The molecule has 1 aromatic carbocycles. The van der Waals surface area contributed by atoms with Crippen LogP contribution in [0.15, 0.2) is 23.1 Å². The van der Waals surface area contributed by atoms with Gasteiger partial charge in [-0.05, 0) is 30.7 Å². The lowest BCUT2D eigenvalue weighted by Gasteiger charge is -2.05. The van der Waals surface area contributed by atoms with E-state index >= 15 is 0 Å². The molecule has 0 saturated heterocycles. The van der Waals surface area contributed by atoms with Crippen molar-refractivity contribution in [1.82, 2.24) is 5.32 Å². The fourth-order valence-electron chi connectivity index (χ4n) is 1.17. The quantitative estimate of drug-likeness (QED) is 0.468. The predicted octanol–water partition coefficient (Wildman–Crippen LogP) is 1.31. The highest BCUT2D eigenvalue weighted by Gasteiger charge is 2.04. The van der Waals surface area contributed by atoms with E-state index in [9.17, 15) is 4.79 Å². The lowest BCUT2D eigenvalue weighted by atomic mass is 10.2. The number of hydrogen-bond donors (Lipinski definition) is 2. The van der Waals surface area contributed by atoms with Gasteiger partial charge in [0.05, 0.1) is 11.8 Å². The number of nitrogen functional groups attached to an aromatic ring is 1. The summed E-state index contributed by atoms with van der Waals surface area (Å²) in [4.78, 5) is 12.3. The fourth-order valence-corrected chi connectivity index (χ4v) is 2.01. The molecule has 1 amide bonds. The van der Waals surface area contributed by atoms with Gasteiger partial charge in [-0.3, -0.25) is 4.79 Å². The molecule has 0 spiro atoms. The van der Waals surface area contributed by atoms with E-state index in [1.807, 2.05) is 31.2 Å². The van der Waals surface area contributed by atoms with Crippen molar-refractivity contribution >= 4 is 23.4 Å². The van der Waals surface area contributed by atoms with E-state index in [0.29, 0.717) is 5.75 Å². The van der Waals surface area contributed by atoms with Crippen LogP contribution in [0.1, 0.15) is 5.56 Å². The smallest absolute Gasteiger partial charge is 0.231 e. The summed E-state index contributed by atoms with van der Waals surface area (Å²) >= 11 is 1.44. The van der Waals surface area contributed by atoms with Crippen molar-refractivity contribution in [3.63, 3.8) is 0 Å². The minimum absolute atomic E-state index is 0.0557. The Morgan fingerprint density at radius 1 is 1.62 bits per heavy atom. The van der Waals surface area contributed by atoms with Gasteiger partial charge >= 0.3 is 0 Å². The van der Waals surface area contributed by atoms with Crippen LogP contribution in [0, 0.1) is 18.3 Å².